The third-order valence-electron chi connectivity index (χ3n) is 3.95. The summed E-state index contributed by atoms with van der Waals surface area (Å²) >= 11 is 0. The van der Waals surface area contributed by atoms with E-state index in [-0.39, 0.29) is 28.4 Å². The van der Waals surface area contributed by atoms with Crippen molar-refractivity contribution < 1.29 is 18.7 Å². The van der Waals surface area contributed by atoms with E-state index in [0.29, 0.717) is 25.3 Å². The Hall–Kier alpha value is -3.56. The van der Waals surface area contributed by atoms with Gasteiger partial charge in [-0.2, -0.15) is 0 Å². The number of nitrogens with zero attached hydrogens (tertiary/aromatic N) is 4. The molecule has 0 spiro atoms. The zero-order chi connectivity index (χ0) is 19.4. The molecule has 3 aromatic rings. The molecule has 1 N–H and O–H groups in total. The first-order valence-corrected chi connectivity index (χ1v) is 8.09. The van der Waals surface area contributed by atoms with Gasteiger partial charge in [0.05, 0.1) is 10.6 Å². The third kappa shape index (κ3) is 4.17. The molecule has 0 saturated carbocycles. The quantitative estimate of drug-likeness (QED) is 0.499. The smallest absolute Gasteiger partial charge is 0.300 e. The molecule has 27 heavy (non-hydrogen) atoms. The van der Waals surface area contributed by atoms with Crippen LogP contribution in [0.15, 0.2) is 41.0 Å². The molecule has 9 nitrogen and oxygen atoms in total. The van der Waals surface area contributed by atoms with Crippen molar-refractivity contribution in [2.75, 3.05) is 18.0 Å². The molecule has 0 aliphatic rings. The zero-order valence-electron chi connectivity index (χ0n) is 14.4. The van der Waals surface area contributed by atoms with Crippen LogP contribution in [0.2, 0.25) is 0 Å². The number of carbonyl (C=O) groups is 1. The minimum atomic E-state index is -0.558. The van der Waals surface area contributed by atoms with Gasteiger partial charge in [-0.25, -0.2) is 9.02 Å². The molecule has 1 heterocycles. The second kappa shape index (κ2) is 7.77. The number of non-ortho nitro benzene ring substituents is 1. The molecule has 1 aromatic heterocycles. The first-order valence-electron chi connectivity index (χ1n) is 8.09. The molecule has 0 saturated heterocycles. The Balaban J connectivity index is 1.96. The molecule has 1 amide bonds. The molecule has 0 radical (unpaired) electrons. The third-order valence-corrected chi connectivity index (χ3v) is 3.95. The van der Waals surface area contributed by atoms with Crippen molar-refractivity contribution in [2.24, 2.45) is 0 Å². The Morgan fingerprint density at radius 1 is 1.22 bits per heavy atom. The number of halogens is 1. The maximum Gasteiger partial charge on any atom is 0.300 e. The van der Waals surface area contributed by atoms with E-state index in [4.69, 9.17) is 4.63 Å². The fourth-order valence-electron chi connectivity index (χ4n) is 2.70. The van der Waals surface area contributed by atoms with E-state index in [2.05, 4.69) is 15.6 Å². The van der Waals surface area contributed by atoms with E-state index in [1.807, 2.05) is 4.90 Å². The lowest BCUT2D eigenvalue weighted by Gasteiger charge is -2.25. The van der Waals surface area contributed by atoms with E-state index >= 15 is 0 Å². The number of amides is 1. The minimum Gasteiger partial charge on any atom is -0.364 e. The highest BCUT2D eigenvalue weighted by atomic mass is 19.1. The number of hydrogen-bond donors (Lipinski definition) is 1. The predicted octanol–water partition coefficient (Wildman–Crippen LogP) is 2.41. The molecule has 0 aliphatic heterocycles. The van der Waals surface area contributed by atoms with Crippen molar-refractivity contribution in [3.05, 3.63) is 57.9 Å². The second-order valence-electron chi connectivity index (χ2n) is 5.85. The van der Waals surface area contributed by atoms with E-state index in [9.17, 15) is 19.3 Å². The Labute approximate surface area is 152 Å². The van der Waals surface area contributed by atoms with Crippen LogP contribution in [-0.4, -0.2) is 34.2 Å². The van der Waals surface area contributed by atoms with Crippen molar-refractivity contribution in [1.82, 2.24) is 15.6 Å². The van der Waals surface area contributed by atoms with E-state index in [0.717, 1.165) is 5.56 Å². The van der Waals surface area contributed by atoms with Crippen LogP contribution in [0.3, 0.4) is 0 Å². The highest BCUT2D eigenvalue weighted by Gasteiger charge is 2.22. The van der Waals surface area contributed by atoms with Gasteiger partial charge >= 0.3 is 5.69 Å². The van der Waals surface area contributed by atoms with Gasteiger partial charge < -0.3 is 10.2 Å². The molecule has 0 unspecified atom stereocenters. The van der Waals surface area contributed by atoms with Gasteiger partial charge in [-0.1, -0.05) is 12.1 Å². The molecular weight excluding hydrogens is 357 g/mol. The van der Waals surface area contributed by atoms with Crippen LogP contribution in [0.1, 0.15) is 12.5 Å². The molecule has 140 valence electrons. The molecule has 2 aromatic carbocycles. The van der Waals surface area contributed by atoms with Gasteiger partial charge in [0.1, 0.15) is 5.82 Å². The number of benzene rings is 2. The number of rotatable bonds is 7. The summed E-state index contributed by atoms with van der Waals surface area (Å²) in [4.78, 5) is 23.6. The van der Waals surface area contributed by atoms with E-state index < -0.39 is 4.92 Å². The Morgan fingerprint density at radius 2 is 1.93 bits per heavy atom. The fraction of sp³-hybridized carbons (Fsp3) is 0.235. The topological polar surface area (TPSA) is 114 Å². The van der Waals surface area contributed by atoms with Crippen molar-refractivity contribution >= 4 is 28.3 Å². The molecule has 0 fully saturated rings. The zero-order valence-corrected chi connectivity index (χ0v) is 14.4. The van der Waals surface area contributed by atoms with Crippen molar-refractivity contribution in [1.29, 1.82) is 0 Å². The number of aromatic nitrogens is 2. The molecule has 0 atom stereocenters. The fourth-order valence-corrected chi connectivity index (χ4v) is 2.70. The largest absolute Gasteiger partial charge is 0.364 e. The van der Waals surface area contributed by atoms with Gasteiger partial charge in [0.15, 0.2) is 5.52 Å². The van der Waals surface area contributed by atoms with Crippen LogP contribution in [-0.2, 0) is 11.3 Å². The van der Waals surface area contributed by atoms with Gasteiger partial charge in [0, 0.05) is 32.6 Å². The maximum absolute atomic E-state index is 13.2. The summed E-state index contributed by atoms with van der Waals surface area (Å²) in [7, 11) is 0. The highest BCUT2D eigenvalue weighted by molar-refractivity contribution is 5.93. The first-order chi connectivity index (χ1) is 13.0. The van der Waals surface area contributed by atoms with Gasteiger partial charge in [-0.05, 0) is 34.1 Å². The van der Waals surface area contributed by atoms with Crippen LogP contribution in [0.5, 0.6) is 0 Å². The summed E-state index contributed by atoms with van der Waals surface area (Å²) < 4.78 is 17.9. The molecule has 0 aliphatic carbocycles. The molecular formula is C17H16FN5O4. The standard InChI is InChI=1S/C17H16FN5O4/c1-11(24)19-8-9-22(10-12-2-4-13(18)5-3-12)14-6-7-15(23(25)26)17-16(14)20-27-21-17/h2-7H,8-10H2,1H3,(H,19,24). The lowest BCUT2D eigenvalue weighted by Crippen LogP contribution is -2.33. The van der Waals surface area contributed by atoms with Crippen LogP contribution in [0.25, 0.3) is 11.0 Å². The number of nitro benzene ring substituents is 1. The Kier molecular flexibility index (Phi) is 5.25. The van der Waals surface area contributed by atoms with Crippen LogP contribution < -0.4 is 10.2 Å². The Bertz CT molecular complexity index is 973. The molecule has 0 bridgehead atoms. The lowest BCUT2D eigenvalue weighted by atomic mass is 10.1. The van der Waals surface area contributed by atoms with Gasteiger partial charge in [-0.15, -0.1) is 0 Å². The van der Waals surface area contributed by atoms with Crippen molar-refractivity contribution in [2.45, 2.75) is 13.5 Å². The van der Waals surface area contributed by atoms with Crippen LogP contribution in [0, 0.1) is 15.9 Å². The number of carbonyl (C=O) groups excluding carboxylic acids is 1. The van der Waals surface area contributed by atoms with Gasteiger partial charge in [0.25, 0.3) is 0 Å². The van der Waals surface area contributed by atoms with Gasteiger partial charge in [0.2, 0.25) is 11.4 Å². The Morgan fingerprint density at radius 3 is 2.59 bits per heavy atom. The van der Waals surface area contributed by atoms with Crippen molar-refractivity contribution in [3.63, 3.8) is 0 Å². The second-order valence-corrected chi connectivity index (χ2v) is 5.85. The number of nitrogens with one attached hydrogen (secondary N) is 1. The van der Waals surface area contributed by atoms with Crippen LogP contribution >= 0.6 is 0 Å². The summed E-state index contributed by atoms with van der Waals surface area (Å²) in [6, 6.07) is 8.88. The molecule has 10 heteroatoms. The predicted molar refractivity (Wildman–Crippen MR) is 94.6 cm³/mol. The summed E-state index contributed by atoms with van der Waals surface area (Å²) in [5.74, 6) is -0.518. The number of hydrogen-bond acceptors (Lipinski definition) is 7. The highest BCUT2D eigenvalue weighted by Crippen LogP contribution is 2.31. The summed E-state index contributed by atoms with van der Waals surface area (Å²) in [5, 5.41) is 21.3. The van der Waals surface area contributed by atoms with Gasteiger partial charge in [-0.3, -0.25) is 14.9 Å². The van der Waals surface area contributed by atoms with E-state index in [1.165, 1.54) is 25.1 Å². The lowest BCUT2D eigenvalue weighted by molar-refractivity contribution is -0.383. The van der Waals surface area contributed by atoms with Crippen molar-refractivity contribution in [3.8, 4) is 0 Å². The summed E-state index contributed by atoms with van der Waals surface area (Å²) in [5.41, 5.74) is 1.46. The minimum absolute atomic E-state index is 0.0427. The normalized spacial score (nSPS) is 10.7. The van der Waals surface area contributed by atoms with E-state index in [1.54, 1.807) is 18.2 Å². The molecule has 3 rings (SSSR count). The number of anilines is 1. The van der Waals surface area contributed by atoms with Crippen LogP contribution in [0.4, 0.5) is 15.8 Å². The average Bonchev–Trinajstić information content (AvgIpc) is 3.11. The SMILES string of the molecule is CC(=O)NCCN(Cc1ccc(F)cc1)c1ccc([N+](=O)[O-])c2nonc12. The first kappa shape index (κ1) is 18.2. The average molecular weight is 373 g/mol. The monoisotopic (exact) mass is 373 g/mol. The summed E-state index contributed by atoms with van der Waals surface area (Å²) in [6.45, 7) is 2.53. The number of nitro groups is 1. The maximum atomic E-state index is 13.2. The summed E-state index contributed by atoms with van der Waals surface area (Å²) in [6.07, 6.45) is 0. The number of fused-ring (bicyclic) bond motifs is 1.